The summed E-state index contributed by atoms with van der Waals surface area (Å²) >= 11 is 5.67. The number of hydrogen-bond donors (Lipinski definition) is 0. The molecule has 0 bridgehead atoms. The van der Waals surface area contributed by atoms with Gasteiger partial charge >= 0.3 is 0 Å². The number of rotatable bonds is 9. The van der Waals surface area contributed by atoms with E-state index in [-0.39, 0.29) is 28.6 Å². The van der Waals surface area contributed by atoms with Gasteiger partial charge in [0.15, 0.2) is 11.5 Å². The number of benzene rings is 3. The fourth-order valence-corrected chi connectivity index (χ4v) is 3.25. The van der Waals surface area contributed by atoms with E-state index in [1.165, 1.54) is 32.4 Å². The molecule has 3 aromatic rings. The number of halogens is 1. The molecule has 3 rings (SSSR count). The highest BCUT2D eigenvalue weighted by molar-refractivity contribution is 6.67. The quantitative estimate of drug-likeness (QED) is 0.174. The molecule has 0 N–H and O–H groups in total. The van der Waals surface area contributed by atoms with Crippen molar-refractivity contribution in [3.05, 3.63) is 118 Å². The average Bonchev–Trinajstić information content (AvgIpc) is 2.86. The van der Waals surface area contributed by atoms with E-state index in [0.717, 1.165) is 0 Å². The topological polar surface area (TPSA) is 69.7 Å². The lowest BCUT2D eigenvalue weighted by Crippen LogP contribution is -2.06. The lowest BCUT2D eigenvalue weighted by molar-refractivity contribution is 0.0950. The highest BCUT2D eigenvalue weighted by Crippen LogP contribution is 2.23. The number of carbonyl (C=O) groups is 3. The molecule has 0 atom stereocenters. The van der Waals surface area contributed by atoms with Gasteiger partial charge in [-0.05, 0) is 47.0 Å². The Hall–Kier alpha value is -3.96. The monoisotopic (exact) mass is 460 g/mol. The van der Waals surface area contributed by atoms with E-state index in [2.05, 4.69) is 0 Å². The van der Waals surface area contributed by atoms with Gasteiger partial charge in [-0.15, -0.1) is 0 Å². The smallest absolute Gasteiger partial charge is 0.252 e. The van der Waals surface area contributed by atoms with Crippen LogP contribution in [-0.4, -0.2) is 31.0 Å². The van der Waals surface area contributed by atoms with Crippen LogP contribution in [0.3, 0.4) is 0 Å². The Kier molecular flexibility index (Phi) is 7.95. The molecule has 0 saturated carbocycles. The molecule has 0 radical (unpaired) electrons. The molecule has 0 aromatic heterocycles. The Bertz CT molecular complexity index is 1230. The normalized spacial score (nSPS) is 11.6. The fraction of sp³-hybridized carbons (Fsp3) is 0.0741. The maximum atomic E-state index is 12.9. The van der Waals surface area contributed by atoms with Crippen molar-refractivity contribution in [2.45, 2.75) is 0 Å². The first-order valence-electron chi connectivity index (χ1n) is 9.99. The van der Waals surface area contributed by atoms with Crippen molar-refractivity contribution in [1.29, 1.82) is 0 Å². The Balaban J connectivity index is 2.10. The Morgan fingerprint density at radius 1 is 0.636 bits per heavy atom. The third kappa shape index (κ3) is 5.84. The van der Waals surface area contributed by atoms with E-state index in [1.807, 2.05) is 6.07 Å². The molecule has 0 heterocycles. The zero-order valence-electron chi connectivity index (χ0n) is 18.1. The third-order valence-electron chi connectivity index (χ3n) is 4.85. The maximum absolute atomic E-state index is 12.9. The van der Waals surface area contributed by atoms with Crippen LogP contribution < -0.4 is 0 Å². The second-order valence-electron chi connectivity index (χ2n) is 6.93. The van der Waals surface area contributed by atoms with Crippen LogP contribution in [0.1, 0.15) is 42.2 Å². The molecular weight excluding hydrogens is 440 g/mol. The van der Waals surface area contributed by atoms with Crippen LogP contribution in [0.15, 0.2) is 90.4 Å². The summed E-state index contributed by atoms with van der Waals surface area (Å²) in [7, 11) is 2.79. The molecule has 5 nitrogen and oxygen atoms in total. The highest BCUT2D eigenvalue weighted by Gasteiger charge is 2.17. The lowest BCUT2D eigenvalue weighted by atomic mass is 9.99. The zero-order chi connectivity index (χ0) is 23.8. The summed E-state index contributed by atoms with van der Waals surface area (Å²) in [6.07, 6.45) is 3.05. The third-order valence-corrected chi connectivity index (χ3v) is 5.06. The summed E-state index contributed by atoms with van der Waals surface area (Å²) in [5.41, 5.74) is 2.14. The molecule has 166 valence electrons. The first-order valence-corrected chi connectivity index (χ1v) is 10.4. The SMILES string of the molecule is COC(=Cc1ccc(C(=O)Cl)cc1C=C(OC)C(=O)c1ccccc1)C(=O)c1ccccc1. The Morgan fingerprint density at radius 3 is 1.52 bits per heavy atom. The number of methoxy groups -OCH3 is 2. The van der Waals surface area contributed by atoms with Crippen molar-refractivity contribution in [1.82, 2.24) is 0 Å². The van der Waals surface area contributed by atoms with Gasteiger partial charge in [-0.25, -0.2) is 0 Å². The summed E-state index contributed by atoms with van der Waals surface area (Å²) < 4.78 is 10.7. The summed E-state index contributed by atoms with van der Waals surface area (Å²) in [4.78, 5) is 37.5. The highest BCUT2D eigenvalue weighted by atomic mass is 35.5. The van der Waals surface area contributed by atoms with Crippen LogP contribution >= 0.6 is 11.6 Å². The number of Topliss-reactive ketones (excluding diaryl/α,β-unsaturated/α-hetero) is 2. The van der Waals surface area contributed by atoms with Crippen molar-refractivity contribution < 1.29 is 23.9 Å². The minimum Gasteiger partial charge on any atom is -0.493 e. The van der Waals surface area contributed by atoms with Crippen LogP contribution in [0.4, 0.5) is 0 Å². The number of carbonyl (C=O) groups excluding carboxylic acids is 3. The van der Waals surface area contributed by atoms with Gasteiger partial charge in [-0.1, -0.05) is 66.7 Å². The molecular formula is C27H21ClO5. The molecule has 0 amide bonds. The molecule has 0 unspecified atom stereocenters. The zero-order valence-corrected chi connectivity index (χ0v) is 18.8. The molecule has 0 spiro atoms. The van der Waals surface area contributed by atoms with Crippen LogP contribution in [0, 0.1) is 0 Å². The molecule has 33 heavy (non-hydrogen) atoms. The number of ketones is 2. The second kappa shape index (κ2) is 11.1. The average molecular weight is 461 g/mol. The molecule has 3 aromatic carbocycles. The van der Waals surface area contributed by atoms with Gasteiger partial charge in [-0.2, -0.15) is 0 Å². The second-order valence-corrected chi connectivity index (χ2v) is 7.28. The van der Waals surface area contributed by atoms with Gasteiger partial charge in [0.2, 0.25) is 11.6 Å². The fourth-order valence-electron chi connectivity index (χ4n) is 3.13. The molecule has 0 aliphatic heterocycles. The summed E-state index contributed by atoms with van der Waals surface area (Å²) in [6.45, 7) is 0. The van der Waals surface area contributed by atoms with E-state index in [4.69, 9.17) is 21.1 Å². The molecule has 0 aliphatic rings. The van der Waals surface area contributed by atoms with E-state index >= 15 is 0 Å². The molecule has 0 aliphatic carbocycles. The summed E-state index contributed by atoms with van der Waals surface area (Å²) in [5, 5.41) is -0.652. The number of hydrogen-bond acceptors (Lipinski definition) is 5. The van der Waals surface area contributed by atoms with Gasteiger partial charge in [0.05, 0.1) is 14.2 Å². The van der Waals surface area contributed by atoms with Crippen molar-refractivity contribution in [3.8, 4) is 0 Å². The van der Waals surface area contributed by atoms with Crippen LogP contribution in [0.5, 0.6) is 0 Å². The maximum Gasteiger partial charge on any atom is 0.252 e. The van der Waals surface area contributed by atoms with Crippen LogP contribution in [0.2, 0.25) is 0 Å². The van der Waals surface area contributed by atoms with Gasteiger partial charge in [0.25, 0.3) is 5.24 Å². The minimum atomic E-state index is -0.652. The Labute approximate surface area is 196 Å². The van der Waals surface area contributed by atoms with Crippen molar-refractivity contribution >= 4 is 40.6 Å². The van der Waals surface area contributed by atoms with Crippen molar-refractivity contribution in [3.63, 3.8) is 0 Å². The predicted molar refractivity (Wildman–Crippen MR) is 128 cm³/mol. The first kappa shape index (κ1) is 23.7. The van der Waals surface area contributed by atoms with E-state index in [1.54, 1.807) is 66.7 Å². The number of allylic oxidation sites excluding steroid dienone is 2. The summed E-state index contributed by atoms with van der Waals surface area (Å²) in [6, 6.07) is 22.1. The Morgan fingerprint density at radius 2 is 1.09 bits per heavy atom. The first-order chi connectivity index (χ1) is 15.9. The minimum absolute atomic E-state index is 0.0587. The largest absolute Gasteiger partial charge is 0.493 e. The van der Waals surface area contributed by atoms with Crippen molar-refractivity contribution in [2.75, 3.05) is 14.2 Å². The van der Waals surface area contributed by atoms with Gasteiger partial charge < -0.3 is 9.47 Å². The van der Waals surface area contributed by atoms with Gasteiger partial charge in [-0.3, -0.25) is 14.4 Å². The molecule has 0 fully saturated rings. The van der Waals surface area contributed by atoms with Gasteiger partial charge in [0, 0.05) is 16.7 Å². The number of ether oxygens (including phenoxy) is 2. The van der Waals surface area contributed by atoms with E-state index in [0.29, 0.717) is 22.3 Å². The molecule has 0 saturated heterocycles. The van der Waals surface area contributed by atoms with E-state index in [9.17, 15) is 14.4 Å². The van der Waals surface area contributed by atoms with E-state index < -0.39 is 5.24 Å². The predicted octanol–water partition coefficient (Wildman–Crippen LogP) is 5.81. The lowest BCUT2D eigenvalue weighted by Gasteiger charge is -2.10. The van der Waals surface area contributed by atoms with Crippen LogP contribution in [0.25, 0.3) is 12.2 Å². The van der Waals surface area contributed by atoms with Crippen molar-refractivity contribution in [2.24, 2.45) is 0 Å². The molecule has 6 heteroatoms. The van der Waals surface area contributed by atoms with Gasteiger partial charge in [0.1, 0.15) is 0 Å². The summed E-state index contributed by atoms with van der Waals surface area (Å²) in [5.74, 6) is -0.488. The van der Waals surface area contributed by atoms with Crippen LogP contribution in [-0.2, 0) is 9.47 Å². The standard InChI is InChI=1S/C27H21ClO5/c1-32-23(25(29)18-9-5-3-6-10-18)16-20-13-14-21(27(28)31)15-22(20)17-24(33-2)26(30)19-11-7-4-8-12-19/h3-17H,1-2H3.